The standard InChI is InChI=1S/C28H19Br2N3O4S/c29-20-14-19(26(34)24(30)15-20)16-31-32-28-33(17-23-10-5-11-36-23)27(35)25(38-28)13-18-6-4-9-22(12-18)37-21-7-2-1-3-8-21/h1-16,34H,17H2/b25-13-,31-16+,32-28-. The lowest BCUT2D eigenvalue weighted by molar-refractivity contribution is -0.122. The van der Waals surface area contributed by atoms with Gasteiger partial charge in [0.15, 0.2) is 5.17 Å². The van der Waals surface area contributed by atoms with Crippen LogP contribution in [-0.4, -0.2) is 27.3 Å². The van der Waals surface area contributed by atoms with Crippen molar-refractivity contribution in [3.05, 3.63) is 116 Å². The zero-order chi connectivity index (χ0) is 26.5. The van der Waals surface area contributed by atoms with E-state index >= 15 is 0 Å². The van der Waals surface area contributed by atoms with Crippen LogP contribution in [0.1, 0.15) is 16.9 Å². The van der Waals surface area contributed by atoms with Crippen molar-refractivity contribution >= 4 is 67.0 Å². The van der Waals surface area contributed by atoms with Gasteiger partial charge in [-0.15, -0.1) is 5.10 Å². The minimum atomic E-state index is -0.220. The fourth-order valence-electron chi connectivity index (χ4n) is 3.55. The number of benzene rings is 3. The Kier molecular flexibility index (Phi) is 8.11. The first-order valence-corrected chi connectivity index (χ1v) is 13.7. The quantitative estimate of drug-likeness (QED) is 0.125. The predicted octanol–water partition coefficient (Wildman–Crippen LogP) is 7.81. The van der Waals surface area contributed by atoms with Gasteiger partial charge in [0.2, 0.25) is 0 Å². The van der Waals surface area contributed by atoms with E-state index in [1.165, 1.54) is 22.9 Å². The number of hydrogen-bond donors (Lipinski definition) is 1. The molecule has 0 spiro atoms. The van der Waals surface area contributed by atoms with Crippen LogP contribution in [0.2, 0.25) is 0 Å². The fraction of sp³-hybridized carbons (Fsp3) is 0.0357. The summed E-state index contributed by atoms with van der Waals surface area (Å²) in [5.41, 5.74) is 1.27. The number of thioether (sulfide) groups is 1. The van der Waals surface area contributed by atoms with Crippen molar-refractivity contribution in [3.63, 3.8) is 0 Å². The number of carbonyl (C=O) groups excluding carboxylic acids is 1. The number of carbonyl (C=O) groups is 1. The number of furan rings is 1. The second-order valence-corrected chi connectivity index (χ2v) is 10.8. The number of amidine groups is 1. The fourth-order valence-corrected chi connectivity index (χ4v) is 5.74. The molecule has 10 heteroatoms. The maximum Gasteiger partial charge on any atom is 0.267 e. The zero-order valence-corrected chi connectivity index (χ0v) is 23.6. The molecule has 1 aliphatic heterocycles. The number of amides is 1. The van der Waals surface area contributed by atoms with Gasteiger partial charge in [-0.3, -0.25) is 9.69 Å². The maximum absolute atomic E-state index is 13.4. The molecule has 0 aliphatic carbocycles. The van der Waals surface area contributed by atoms with E-state index in [2.05, 4.69) is 42.1 Å². The van der Waals surface area contributed by atoms with Gasteiger partial charge in [0, 0.05) is 10.0 Å². The summed E-state index contributed by atoms with van der Waals surface area (Å²) in [7, 11) is 0. The summed E-state index contributed by atoms with van der Waals surface area (Å²) in [6, 6.07) is 24.0. The molecule has 0 unspecified atom stereocenters. The molecule has 2 heterocycles. The number of nitrogens with zero attached hydrogens (tertiary/aromatic N) is 3. The number of halogens is 2. The van der Waals surface area contributed by atoms with Crippen LogP contribution < -0.4 is 4.74 Å². The van der Waals surface area contributed by atoms with Crippen LogP contribution in [0.3, 0.4) is 0 Å². The number of phenolic OH excluding ortho intramolecular Hbond substituents is 1. The van der Waals surface area contributed by atoms with Crippen molar-refractivity contribution in [1.29, 1.82) is 0 Å². The Labute approximate surface area is 239 Å². The third kappa shape index (κ3) is 6.27. The van der Waals surface area contributed by atoms with Crippen LogP contribution in [0, 0.1) is 0 Å². The van der Waals surface area contributed by atoms with Gasteiger partial charge >= 0.3 is 0 Å². The first kappa shape index (κ1) is 26.0. The van der Waals surface area contributed by atoms with Crippen LogP contribution in [-0.2, 0) is 11.3 Å². The lowest BCUT2D eigenvalue weighted by Crippen LogP contribution is -2.28. The van der Waals surface area contributed by atoms with E-state index in [4.69, 9.17) is 9.15 Å². The van der Waals surface area contributed by atoms with Gasteiger partial charge in [-0.05, 0) is 87.9 Å². The van der Waals surface area contributed by atoms with Gasteiger partial charge in [-0.2, -0.15) is 5.10 Å². The van der Waals surface area contributed by atoms with Crippen LogP contribution in [0.4, 0.5) is 0 Å². The second-order valence-electron chi connectivity index (χ2n) is 8.02. The van der Waals surface area contributed by atoms with Gasteiger partial charge < -0.3 is 14.3 Å². The minimum absolute atomic E-state index is 0.0398. The third-order valence-corrected chi connectivity index (χ3v) is 7.37. The van der Waals surface area contributed by atoms with Gasteiger partial charge in [-0.25, -0.2) is 0 Å². The molecular weight excluding hydrogens is 634 g/mol. The molecule has 1 N–H and O–H groups in total. The average molecular weight is 653 g/mol. The summed E-state index contributed by atoms with van der Waals surface area (Å²) in [6.07, 6.45) is 4.78. The van der Waals surface area contributed by atoms with Crippen molar-refractivity contribution < 1.29 is 19.1 Å². The van der Waals surface area contributed by atoms with Gasteiger partial charge in [-0.1, -0.05) is 46.3 Å². The highest BCUT2D eigenvalue weighted by Crippen LogP contribution is 2.35. The number of rotatable bonds is 7. The molecule has 1 saturated heterocycles. The highest BCUT2D eigenvalue weighted by atomic mass is 79.9. The highest BCUT2D eigenvalue weighted by molar-refractivity contribution is 9.11. The first-order valence-electron chi connectivity index (χ1n) is 11.3. The Balaban J connectivity index is 1.42. The van der Waals surface area contributed by atoms with E-state index in [0.29, 0.717) is 31.6 Å². The Bertz CT molecular complexity index is 1550. The maximum atomic E-state index is 13.4. The summed E-state index contributed by atoms with van der Waals surface area (Å²) in [6.45, 7) is 0.204. The second kappa shape index (κ2) is 11.8. The first-order chi connectivity index (χ1) is 18.5. The molecule has 0 bridgehead atoms. The lowest BCUT2D eigenvalue weighted by Gasteiger charge is -2.12. The normalized spacial score (nSPS) is 15.7. The Morgan fingerprint density at radius 1 is 1.00 bits per heavy atom. The summed E-state index contributed by atoms with van der Waals surface area (Å²) >= 11 is 7.91. The summed E-state index contributed by atoms with van der Waals surface area (Å²) in [5, 5.41) is 19.1. The van der Waals surface area contributed by atoms with Crippen molar-refractivity contribution in [2.45, 2.75) is 6.54 Å². The number of hydrogen-bond acceptors (Lipinski definition) is 7. The van der Waals surface area contributed by atoms with E-state index < -0.39 is 0 Å². The van der Waals surface area contributed by atoms with E-state index in [1.807, 2.05) is 54.6 Å². The topological polar surface area (TPSA) is 87.6 Å². The van der Waals surface area contributed by atoms with Crippen LogP contribution in [0.5, 0.6) is 17.2 Å². The molecule has 0 atom stereocenters. The molecule has 4 aromatic rings. The van der Waals surface area contributed by atoms with Crippen molar-refractivity contribution in [1.82, 2.24) is 4.90 Å². The smallest absolute Gasteiger partial charge is 0.267 e. The van der Waals surface area contributed by atoms with Crippen LogP contribution in [0.25, 0.3) is 6.08 Å². The number of ether oxygens (including phenoxy) is 1. The largest absolute Gasteiger partial charge is 0.506 e. The van der Waals surface area contributed by atoms with Crippen molar-refractivity contribution in [3.8, 4) is 17.2 Å². The Morgan fingerprint density at radius 3 is 2.61 bits per heavy atom. The molecule has 190 valence electrons. The molecule has 5 rings (SSSR count). The SMILES string of the molecule is O=C1/C(=C/c2cccc(Oc3ccccc3)c2)S/C(=N\N=C\c2cc(Br)cc(Br)c2O)N1Cc1ccco1. The van der Waals surface area contributed by atoms with Crippen molar-refractivity contribution in [2.75, 3.05) is 0 Å². The zero-order valence-electron chi connectivity index (χ0n) is 19.6. The lowest BCUT2D eigenvalue weighted by atomic mass is 10.2. The van der Waals surface area contributed by atoms with E-state index in [9.17, 15) is 9.90 Å². The molecule has 0 radical (unpaired) electrons. The van der Waals surface area contributed by atoms with Crippen LogP contribution in [0.15, 0.2) is 114 Å². The Morgan fingerprint density at radius 2 is 1.82 bits per heavy atom. The molecule has 0 saturated carbocycles. The highest BCUT2D eigenvalue weighted by Gasteiger charge is 2.34. The van der Waals surface area contributed by atoms with Gasteiger partial charge in [0.1, 0.15) is 23.0 Å². The number of para-hydroxylation sites is 1. The predicted molar refractivity (Wildman–Crippen MR) is 156 cm³/mol. The molecule has 3 aromatic carbocycles. The minimum Gasteiger partial charge on any atom is -0.506 e. The van der Waals surface area contributed by atoms with Crippen molar-refractivity contribution in [2.24, 2.45) is 10.2 Å². The number of aromatic hydroxyl groups is 1. The summed E-state index contributed by atoms with van der Waals surface area (Å²) in [4.78, 5) is 15.4. The van der Waals surface area contributed by atoms with E-state index in [-0.39, 0.29) is 18.2 Å². The molecule has 1 aromatic heterocycles. The summed E-state index contributed by atoms with van der Waals surface area (Å²) < 4.78 is 12.7. The molecule has 1 aliphatic rings. The van der Waals surface area contributed by atoms with E-state index in [1.54, 1.807) is 36.6 Å². The molecular formula is C28H19Br2N3O4S. The number of phenols is 1. The third-order valence-electron chi connectivity index (χ3n) is 5.31. The van der Waals surface area contributed by atoms with Gasteiger partial charge in [0.05, 0.1) is 28.4 Å². The van der Waals surface area contributed by atoms with Gasteiger partial charge in [0.25, 0.3) is 5.91 Å². The molecule has 7 nitrogen and oxygen atoms in total. The summed E-state index contributed by atoms with van der Waals surface area (Å²) in [5.74, 6) is 1.82. The van der Waals surface area contributed by atoms with Crippen LogP contribution >= 0.6 is 43.6 Å². The Hall–Kier alpha value is -3.60. The molecule has 1 amide bonds. The van der Waals surface area contributed by atoms with E-state index in [0.717, 1.165) is 15.8 Å². The average Bonchev–Trinajstić information content (AvgIpc) is 3.52. The monoisotopic (exact) mass is 651 g/mol. The molecule has 38 heavy (non-hydrogen) atoms. The molecule has 1 fully saturated rings.